The third-order valence-electron chi connectivity index (χ3n) is 2.70. The van der Waals surface area contributed by atoms with Gasteiger partial charge in [-0.15, -0.1) is 0 Å². The maximum atomic E-state index is 4.10. The standard InChI is InChI=1S/C11H21N3/c1-12-11(13-2)5-3-4-10-6-8-14-9-7-10/h3,5,10,14H,4,6-9H2,1-2H3,(H,12,13)/b5-3-. The largest absolute Gasteiger partial charge is 0.373 e. The Morgan fingerprint density at radius 3 is 2.79 bits per heavy atom. The van der Waals surface area contributed by atoms with E-state index in [4.69, 9.17) is 0 Å². The van der Waals surface area contributed by atoms with Gasteiger partial charge in [0, 0.05) is 14.1 Å². The highest BCUT2D eigenvalue weighted by molar-refractivity contribution is 5.92. The van der Waals surface area contributed by atoms with Crippen LogP contribution in [0.25, 0.3) is 0 Å². The topological polar surface area (TPSA) is 36.4 Å². The molecule has 0 amide bonds. The molecule has 80 valence electrons. The number of aliphatic imine (C=N–C) groups is 1. The average Bonchev–Trinajstić information content (AvgIpc) is 2.26. The van der Waals surface area contributed by atoms with Crippen LogP contribution in [0.5, 0.6) is 0 Å². The monoisotopic (exact) mass is 195 g/mol. The zero-order chi connectivity index (χ0) is 10.2. The van der Waals surface area contributed by atoms with Crippen molar-refractivity contribution in [1.82, 2.24) is 10.6 Å². The Bertz CT molecular complexity index is 203. The molecule has 1 heterocycles. The van der Waals surface area contributed by atoms with Crippen molar-refractivity contribution in [3.05, 3.63) is 12.2 Å². The van der Waals surface area contributed by atoms with E-state index in [0.29, 0.717) is 0 Å². The van der Waals surface area contributed by atoms with Crippen LogP contribution in [0.1, 0.15) is 19.3 Å². The van der Waals surface area contributed by atoms with Crippen molar-refractivity contribution < 1.29 is 0 Å². The van der Waals surface area contributed by atoms with Crippen molar-refractivity contribution in [1.29, 1.82) is 0 Å². The lowest BCUT2D eigenvalue weighted by atomic mass is 9.94. The molecule has 1 aliphatic heterocycles. The number of nitrogens with zero attached hydrogens (tertiary/aromatic N) is 1. The summed E-state index contributed by atoms with van der Waals surface area (Å²) in [6.07, 6.45) is 8.10. The number of piperidine rings is 1. The molecule has 0 saturated carbocycles. The van der Waals surface area contributed by atoms with Crippen molar-refractivity contribution in [3.63, 3.8) is 0 Å². The highest BCUT2D eigenvalue weighted by Crippen LogP contribution is 2.15. The van der Waals surface area contributed by atoms with Gasteiger partial charge in [0.1, 0.15) is 5.84 Å². The summed E-state index contributed by atoms with van der Waals surface area (Å²) in [5.74, 6) is 1.82. The Labute approximate surface area is 86.7 Å². The molecule has 1 rings (SSSR count). The van der Waals surface area contributed by atoms with Gasteiger partial charge in [0.25, 0.3) is 0 Å². The van der Waals surface area contributed by atoms with Crippen LogP contribution in [0, 0.1) is 5.92 Å². The van der Waals surface area contributed by atoms with Crippen LogP contribution < -0.4 is 10.6 Å². The highest BCUT2D eigenvalue weighted by Gasteiger charge is 2.10. The van der Waals surface area contributed by atoms with Gasteiger partial charge in [-0.3, -0.25) is 4.99 Å². The summed E-state index contributed by atoms with van der Waals surface area (Å²) in [5, 5.41) is 6.42. The third-order valence-corrected chi connectivity index (χ3v) is 2.70. The second kappa shape index (κ2) is 6.60. The first-order chi connectivity index (χ1) is 6.86. The molecule has 0 aromatic heterocycles. The van der Waals surface area contributed by atoms with Crippen molar-refractivity contribution in [3.8, 4) is 0 Å². The van der Waals surface area contributed by atoms with E-state index >= 15 is 0 Å². The molecule has 0 spiro atoms. The van der Waals surface area contributed by atoms with Crippen LogP contribution in [0.2, 0.25) is 0 Å². The molecule has 0 bridgehead atoms. The molecule has 0 aliphatic carbocycles. The Balaban J connectivity index is 2.24. The van der Waals surface area contributed by atoms with Crippen LogP contribution in [-0.4, -0.2) is 33.0 Å². The zero-order valence-electron chi connectivity index (χ0n) is 9.21. The number of likely N-dealkylation sites (N-methyl/N-ethyl adjacent to an activating group) is 1. The Hall–Kier alpha value is -0.830. The van der Waals surface area contributed by atoms with E-state index in [9.17, 15) is 0 Å². The highest BCUT2D eigenvalue weighted by atomic mass is 14.9. The molecule has 0 atom stereocenters. The third kappa shape index (κ3) is 3.92. The van der Waals surface area contributed by atoms with Gasteiger partial charge in [0.2, 0.25) is 0 Å². The second-order valence-electron chi connectivity index (χ2n) is 3.69. The minimum Gasteiger partial charge on any atom is -0.373 e. The van der Waals surface area contributed by atoms with Gasteiger partial charge in [-0.25, -0.2) is 0 Å². The van der Waals surface area contributed by atoms with E-state index in [0.717, 1.165) is 11.8 Å². The summed E-state index contributed by atoms with van der Waals surface area (Å²) in [7, 11) is 3.71. The van der Waals surface area contributed by atoms with Gasteiger partial charge in [-0.2, -0.15) is 0 Å². The molecule has 0 aromatic rings. The molecule has 3 heteroatoms. The van der Waals surface area contributed by atoms with Crippen LogP contribution in [0.3, 0.4) is 0 Å². The normalized spacial score (nSPS) is 20.3. The molecule has 14 heavy (non-hydrogen) atoms. The van der Waals surface area contributed by atoms with Crippen LogP contribution in [-0.2, 0) is 0 Å². The maximum absolute atomic E-state index is 4.10. The molecule has 0 radical (unpaired) electrons. The molecule has 0 aromatic carbocycles. The van der Waals surface area contributed by atoms with Crippen molar-refractivity contribution in [2.45, 2.75) is 19.3 Å². The smallest absolute Gasteiger partial charge is 0.119 e. The Kier molecular flexibility index (Phi) is 5.30. The summed E-state index contributed by atoms with van der Waals surface area (Å²) >= 11 is 0. The van der Waals surface area contributed by atoms with Crippen LogP contribution >= 0.6 is 0 Å². The molecular formula is C11H21N3. The number of amidine groups is 1. The maximum Gasteiger partial charge on any atom is 0.119 e. The SMILES string of the molecule is CN=C(/C=C\CC1CCNCC1)NC. The minimum atomic E-state index is 0.863. The van der Waals surface area contributed by atoms with Crippen molar-refractivity contribution in [2.24, 2.45) is 10.9 Å². The van der Waals surface area contributed by atoms with Gasteiger partial charge in [0.05, 0.1) is 0 Å². The van der Waals surface area contributed by atoms with Gasteiger partial charge in [0.15, 0.2) is 0 Å². The van der Waals surface area contributed by atoms with Crippen LogP contribution in [0.4, 0.5) is 0 Å². The first-order valence-electron chi connectivity index (χ1n) is 5.38. The van der Waals surface area contributed by atoms with E-state index in [1.165, 1.54) is 32.4 Å². The lowest BCUT2D eigenvalue weighted by molar-refractivity contribution is 0.377. The minimum absolute atomic E-state index is 0.863. The van der Waals surface area contributed by atoms with Gasteiger partial charge < -0.3 is 10.6 Å². The fourth-order valence-corrected chi connectivity index (χ4v) is 1.76. The Morgan fingerprint density at radius 1 is 1.50 bits per heavy atom. The van der Waals surface area contributed by atoms with Gasteiger partial charge >= 0.3 is 0 Å². The molecule has 1 aliphatic rings. The summed E-state index contributed by atoms with van der Waals surface area (Å²) in [4.78, 5) is 4.10. The van der Waals surface area contributed by atoms with Crippen LogP contribution in [0.15, 0.2) is 17.1 Å². The molecular weight excluding hydrogens is 174 g/mol. The number of hydrogen-bond acceptors (Lipinski definition) is 2. The van der Waals surface area contributed by atoms with Gasteiger partial charge in [-0.1, -0.05) is 6.08 Å². The predicted molar refractivity (Wildman–Crippen MR) is 61.8 cm³/mol. The van der Waals surface area contributed by atoms with E-state index in [-0.39, 0.29) is 0 Å². The second-order valence-corrected chi connectivity index (χ2v) is 3.69. The summed E-state index contributed by atoms with van der Waals surface area (Å²) in [6, 6.07) is 0. The summed E-state index contributed by atoms with van der Waals surface area (Å²) in [5.41, 5.74) is 0. The molecule has 0 unspecified atom stereocenters. The zero-order valence-corrected chi connectivity index (χ0v) is 9.21. The molecule has 1 saturated heterocycles. The lowest BCUT2D eigenvalue weighted by Crippen LogP contribution is -2.27. The molecule has 3 nitrogen and oxygen atoms in total. The molecule has 1 fully saturated rings. The number of rotatable bonds is 3. The quantitative estimate of drug-likeness (QED) is 0.524. The number of nitrogens with one attached hydrogen (secondary N) is 2. The average molecular weight is 195 g/mol. The van der Waals surface area contributed by atoms with E-state index < -0.39 is 0 Å². The predicted octanol–water partition coefficient (Wildman–Crippen LogP) is 1.18. The number of hydrogen-bond donors (Lipinski definition) is 2. The number of allylic oxidation sites excluding steroid dienone is 1. The van der Waals surface area contributed by atoms with Gasteiger partial charge in [-0.05, 0) is 44.3 Å². The fraction of sp³-hybridized carbons (Fsp3) is 0.727. The van der Waals surface area contributed by atoms with E-state index in [1.54, 1.807) is 7.05 Å². The first kappa shape index (κ1) is 11.2. The Morgan fingerprint density at radius 2 is 2.21 bits per heavy atom. The van der Waals surface area contributed by atoms with E-state index in [1.807, 2.05) is 7.05 Å². The summed E-state index contributed by atoms with van der Waals surface area (Å²) < 4.78 is 0. The summed E-state index contributed by atoms with van der Waals surface area (Å²) in [6.45, 7) is 2.36. The van der Waals surface area contributed by atoms with Crippen molar-refractivity contribution in [2.75, 3.05) is 27.2 Å². The first-order valence-corrected chi connectivity index (χ1v) is 5.38. The van der Waals surface area contributed by atoms with E-state index in [2.05, 4.69) is 27.8 Å². The van der Waals surface area contributed by atoms with Crippen molar-refractivity contribution >= 4 is 5.84 Å². The molecule has 2 N–H and O–H groups in total. The lowest BCUT2D eigenvalue weighted by Gasteiger charge is -2.20. The fourth-order valence-electron chi connectivity index (χ4n) is 1.76.